The molecule has 0 fully saturated rings. The predicted octanol–water partition coefficient (Wildman–Crippen LogP) is 0.973. The van der Waals surface area contributed by atoms with E-state index in [1.165, 1.54) is 7.11 Å². The van der Waals surface area contributed by atoms with E-state index in [-0.39, 0.29) is 24.5 Å². The number of nitrogens with two attached hydrogens (primary N) is 1. The van der Waals surface area contributed by atoms with Crippen molar-refractivity contribution in [3.8, 4) is 0 Å². The van der Waals surface area contributed by atoms with Gasteiger partial charge in [-0.15, -0.1) is 0 Å². The van der Waals surface area contributed by atoms with Gasteiger partial charge in [0, 0.05) is 12.1 Å². The Bertz CT molecular complexity index is 554. The number of ketones is 1. The van der Waals surface area contributed by atoms with E-state index in [2.05, 4.69) is 10.1 Å². The predicted molar refractivity (Wildman–Crippen MR) is 68.6 cm³/mol. The summed E-state index contributed by atoms with van der Waals surface area (Å²) in [6.45, 7) is 0. The summed E-state index contributed by atoms with van der Waals surface area (Å²) >= 11 is 0. The summed E-state index contributed by atoms with van der Waals surface area (Å²) in [5.74, 6) is -1.87. The van der Waals surface area contributed by atoms with E-state index in [1.54, 1.807) is 18.2 Å². The van der Waals surface area contributed by atoms with Gasteiger partial charge in [-0.25, -0.2) is 0 Å². The Morgan fingerprint density at radius 2 is 2.21 bits per heavy atom. The summed E-state index contributed by atoms with van der Waals surface area (Å²) in [6.07, 6.45) is -0.176. The van der Waals surface area contributed by atoms with E-state index in [0.29, 0.717) is 16.9 Å². The van der Waals surface area contributed by atoms with Gasteiger partial charge in [0.15, 0.2) is 5.78 Å². The van der Waals surface area contributed by atoms with E-state index in [0.717, 1.165) is 0 Å². The summed E-state index contributed by atoms with van der Waals surface area (Å²) in [5, 5.41) is 2.63. The summed E-state index contributed by atoms with van der Waals surface area (Å²) in [7, 11) is 1.24. The van der Waals surface area contributed by atoms with Gasteiger partial charge in [-0.05, 0) is 12.1 Å². The average molecular weight is 262 g/mol. The number of nitrogens with one attached hydrogen (secondary N) is 1. The van der Waals surface area contributed by atoms with Gasteiger partial charge in [-0.1, -0.05) is 6.07 Å². The normalized spacial score (nSPS) is 18.3. The number of fused-ring (bicyclic) bond motifs is 1. The van der Waals surface area contributed by atoms with Gasteiger partial charge >= 0.3 is 5.97 Å². The van der Waals surface area contributed by atoms with Crippen molar-refractivity contribution in [2.75, 3.05) is 18.2 Å². The molecular weight excluding hydrogens is 248 g/mol. The lowest BCUT2D eigenvalue weighted by molar-refractivity contribution is -0.143. The van der Waals surface area contributed by atoms with Crippen LogP contribution in [0.4, 0.5) is 11.4 Å². The van der Waals surface area contributed by atoms with Crippen molar-refractivity contribution in [1.29, 1.82) is 0 Å². The van der Waals surface area contributed by atoms with E-state index in [1.807, 2.05) is 0 Å². The maximum atomic E-state index is 12.1. The standard InChI is InChI=1S/C13H14N2O4/c1-19-11(17)6-7-5-10(16)12-8(14)3-2-4-9(12)15-13(7)18/h2-4,7H,5-6,14H2,1H3,(H,15,18)/t7-/m0/s1. The highest BCUT2D eigenvalue weighted by Crippen LogP contribution is 2.29. The number of hydrogen-bond acceptors (Lipinski definition) is 5. The number of hydrogen-bond donors (Lipinski definition) is 2. The monoisotopic (exact) mass is 262 g/mol. The summed E-state index contributed by atoms with van der Waals surface area (Å²) in [4.78, 5) is 35.3. The lowest BCUT2D eigenvalue weighted by atomic mass is 9.96. The number of carbonyl (C=O) groups excluding carboxylic acids is 3. The molecule has 1 aliphatic heterocycles. The molecule has 0 saturated carbocycles. The fourth-order valence-corrected chi connectivity index (χ4v) is 2.09. The fourth-order valence-electron chi connectivity index (χ4n) is 2.09. The van der Waals surface area contributed by atoms with Crippen LogP contribution >= 0.6 is 0 Å². The lowest BCUT2D eigenvalue weighted by Gasteiger charge is -2.10. The summed E-state index contributed by atoms with van der Waals surface area (Å²) in [6, 6.07) is 4.87. The van der Waals surface area contributed by atoms with Crippen LogP contribution in [0.3, 0.4) is 0 Å². The molecule has 0 unspecified atom stereocenters. The Kier molecular flexibility index (Phi) is 3.50. The minimum absolute atomic E-state index is 0.0534. The van der Waals surface area contributed by atoms with Crippen LogP contribution in [0.1, 0.15) is 23.2 Å². The molecular formula is C13H14N2O4. The van der Waals surface area contributed by atoms with Gasteiger partial charge in [0.2, 0.25) is 5.91 Å². The van der Waals surface area contributed by atoms with Crippen LogP contribution in [0, 0.1) is 5.92 Å². The Labute approximate surface area is 109 Å². The number of anilines is 2. The van der Waals surface area contributed by atoms with Crippen LogP contribution in [0.2, 0.25) is 0 Å². The van der Waals surface area contributed by atoms with Crippen LogP contribution in [0.25, 0.3) is 0 Å². The smallest absolute Gasteiger partial charge is 0.306 e. The average Bonchev–Trinajstić information content (AvgIpc) is 2.48. The number of methoxy groups -OCH3 is 1. The third-order valence-corrected chi connectivity index (χ3v) is 3.08. The second-order valence-electron chi connectivity index (χ2n) is 4.36. The molecule has 6 nitrogen and oxygen atoms in total. The van der Waals surface area contributed by atoms with Crippen molar-refractivity contribution in [3.05, 3.63) is 23.8 Å². The Hall–Kier alpha value is -2.37. The van der Waals surface area contributed by atoms with Gasteiger partial charge in [0.05, 0.1) is 30.7 Å². The van der Waals surface area contributed by atoms with Crippen molar-refractivity contribution in [1.82, 2.24) is 0 Å². The first kappa shape index (κ1) is 13.1. The minimum Gasteiger partial charge on any atom is -0.469 e. The lowest BCUT2D eigenvalue weighted by Crippen LogP contribution is -2.25. The van der Waals surface area contributed by atoms with Crippen LogP contribution < -0.4 is 11.1 Å². The van der Waals surface area contributed by atoms with Crippen molar-refractivity contribution in [3.63, 3.8) is 0 Å². The molecule has 1 aliphatic rings. The zero-order chi connectivity index (χ0) is 14.0. The van der Waals surface area contributed by atoms with Gasteiger partial charge in [-0.2, -0.15) is 0 Å². The number of nitrogen functional groups attached to an aromatic ring is 1. The topological polar surface area (TPSA) is 98.5 Å². The van der Waals surface area contributed by atoms with Crippen LogP contribution in [-0.4, -0.2) is 24.8 Å². The molecule has 1 aromatic rings. The Balaban J connectivity index is 2.31. The highest BCUT2D eigenvalue weighted by Gasteiger charge is 2.31. The quantitative estimate of drug-likeness (QED) is 0.611. The number of carbonyl (C=O) groups is 3. The van der Waals surface area contributed by atoms with E-state index in [9.17, 15) is 14.4 Å². The molecule has 0 aromatic heterocycles. The van der Waals surface area contributed by atoms with Gasteiger partial charge < -0.3 is 15.8 Å². The van der Waals surface area contributed by atoms with Crippen LogP contribution in [0.15, 0.2) is 18.2 Å². The van der Waals surface area contributed by atoms with Gasteiger partial charge in [0.1, 0.15) is 0 Å². The van der Waals surface area contributed by atoms with Crippen molar-refractivity contribution in [2.45, 2.75) is 12.8 Å². The molecule has 100 valence electrons. The molecule has 0 radical (unpaired) electrons. The first-order chi connectivity index (χ1) is 9.02. The zero-order valence-electron chi connectivity index (χ0n) is 10.4. The van der Waals surface area contributed by atoms with Crippen molar-refractivity contribution < 1.29 is 19.1 Å². The minimum atomic E-state index is -0.730. The number of ether oxygens (including phenoxy) is 1. The first-order valence-corrected chi connectivity index (χ1v) is 5.82. The summed E-state index contributed by atoms with van der Waals surface area (Å²) < 4.78 is 4.52. The highest BCUT2D eigenvalue weighted by molar-refractivity contribution is 6.13. The van der Waals surface area contributed by atoms with E-state index < -0.39 is 11.9 Å². The fraction of sp³-hybridized carbons (Fsp3) is 0.308. The second-order valence-corrected chi connectivity index (χ2v) is 4.36. The van der Waals surface area contributed by atoms with Gasteiger partial charge in [-0.3, -0.25) is 14.4 Å². The van der Waals surface area contributed by atoms with Crippen LogP contribution in [-0.2, 0) is 14.3 Å². The van der Waals surface area contributed by atoms with E-state index >= 15 is 0 Å². The molecule has 1 heterocycles. The molecule has 1 amide bonds. The maximum Gasteiger partial charge on any atom is 0.306 e. The number of Topliss-reactive ketones (excluding diaryl/α,β-unsaturated/α-hetero) is 1. The van der Waals surface area contributed by atoms with Crippen LogP contribution in [0.5, 0.6) is 0 Å². The third-order valence-electron chi connectivity index (χ3n) is 3.08. The summed E-state index contributed by atoms with van der Waals surface area (Å²) in [5.41, 5.74) is 6.78. The molecule has 0 saturated heterocycles. The molecule has 6 heteroatoms. The number of benzene rings is 1. The van der Waals surface area contributed by atoms with Gasteiger partial charge in [0.25, 0.3) is 0 Å². The zero-order valence-corrected chi connectivity index (χ0v) is 10.4. The molecule has 1 aromatic carbocycles. The Morgan fingerprint density at radius 1 is 1.47 bits per heavy atom. The number of rotatable bonds is 2. The SMILES string of the molecule is COC(=O)C[C@@H]1CC(=O)c2c(N)cccc2NC1=O. The maximum absolute atomic E-state index is 12.1. The Morgan fingerprint density at radius 3 is 2.89 bits per heavy atom. The molecule has 1 atom stereocenters. The molecule has 3 N–H and O–H groups in total. The number of esters is 1. The molecule has 2 rings (SSSR count). The highest BCUT2D eigenvalue weighted by atomic mass is 16.5. The molecule has 0 bridgehead atoms. The van der Waals surface area contributed by atoms with E-state index in [4.69, 9.17) is 5.73 Å². The molecule has 19 heavy (non-hydrogen) atoms. The van der Waals surface area contributed by atoms with Crippen molar-refractivity contribution >= 4 is 29.0 Å². The number of amides is 1. The molecule has 0 spiro atoms. The second kappa shape index (κ2) is 5.09. The van der Waals surface area contributed by atoms with Crippen molar-refractivity contribution in [2.24, 2.45) is 5.92 Å². The first-order valence-electron chi connectivity index (χ1n) is 5.82. The molecule has 0 aliphatic carbocycles. The largest absolute Gasteiger partial charge is 0.469 e. The third kappa shape index (κ3) is 2.57.